The Hall–Kier alpha value is -2.60. The lowest BCUT2D eigenvalue weighted by molar-refractivity contribution is -0.135. The number of ether oxygens (including phenoxy) is 1. The maximum absolute atomic E-state index is 12.1. The van der Waals surface area contributed by atoms with Crippen LogP contribution in [0.3, 0.4) is 0 Å². The van der Waals surface area contributed by atoms with Crippen LogP contribution in [-0.4, -0.2) is 30.5 Å². The van der Waals surface area contributed by atoms with Crippen LogP contribution in [-0.2, 0) is 14.4 Å². The zero-order valence-electron chi connectivity index (χ0n) is 13.4. The van der Waals surface area contributed by atoms with Crippen LogP contribution < -0.4 is 0 Å². The van der Waals surface area contributed by atoms with Gasteiger partial charge in [0.15, 0.2) is 5.71 Å². The molecule has 6 heteroatoms. The van der Waals surface area contributed by atoms with Crippen molar-refractivity contribution in [2.75, 3.05) is 12.9 Å². The number of benzene rings is 2. The number of carbonyl (C=O) groups is 2. The topological polar surface area (TPSA) is 65.0 Å². The van der Waals surface area contributed by atoms with Crippen molar-refractivity contribution in [3.05, 3.63) is 65.7 Å². The predicted molar refractivity (Wildman–Crippen MR) is 93.3 cm³/mol. The van der Waals surface area contributed by atoms with Gasteiger partial charge in [0, 0.05) is 10.5 Å². The second kappa shape index (κ2) is 8.88. The molecule has 0 aliphatic heterocycles. The molecule has 0 heterocycles. The number of esters is 1. The Morgan fingerprint density at radius 1 is 1.00 bits per heavy atom. The van der Waals surface area contributed by atoms with Crippen molar-refractivity contribution in [3.8, 4) is 0 Å². The van der Waals surface area contributed by atoms with Crippen LogP contribution in [0.25, 0.3) is 0 Å². The number of carbonyl (C=O) groups excluding carboxylic acids is 2. The Morgan fingerprint density at radius 3 is 2.25 bits per heavy atom. The number of thioether (sulfide) groups is 1. The Kier molecular flexibility index (Phi) is 6.57. The van der Waals surface area contributed by atoms with Crippen molar-refractivity contribution >= 4 is 29.4 Å². The molecule has 5 nitrogen and oxygen atoms in total. The van der Waals surface area contributed by atoms with Crippen molar-refractivity contribution in [3.63, 3.8) is 0 Å². The molecule has 0 aliphatic rings. The van der Waals surface area contributed by atoms with Crippen LogP contribution >= 0.6 is 11.8 Å². The number of hydrogen-bond acceptors (Lipinski definition) is 6. The minimum atomic E-state index is -0.643. The van der Waals surface area contributed by atoms with Gasteiger partial charge in [-0.1, -0.05) is 35.5 Å². The van der Waals surface area contributed by atoms with E-state index >= 15 is 0 Å². The minimum Gasteiger partial charge on any atom is -0.461 e. The van der Waals surface area contributed by atoms with Gasteiger partial charge in [0.1, 0.15) is 0 Å². The Morgan fingerprint density at radius 2 is 1.67 bits per heavy atom. The molecule has 0 unspecified atom stereocenters. The molecule has 0 N–H and O–H groups in total. The summed E-state index contributed by atoms with van der Waals surface area (Å²) in [5, 5.41) is 3.73. The standard InChI is InChI=1S/C18H17NO4S/c1-3-22-18(21)16(13-9-11-15(24-2)12-10-13)19-23-17(20)14-7-5-4-6-8-14/h4-12H,3H2,1-2H3. The maximum Gasteiger partial charge on any atom is 0.365 e. The fraction of sp³-hybridized carbons (Fsp3) is 0.167. The van der Waals surface area contributed by atoms with Gasteiger partial charge in [-0.15, -0.1) is 11.8 Å². The van der Waals surface area contributed by atoms with E-state index in [-0.39, 0.29) is 12.3 Å². The molecule has 124 valence electrons. The van der Waals surface area contributed by atoms with Gasteiger partial charge in [0.2, 0.25) is 0 Å². The quantitative estimate of drug-likeness (QED) is 0.264. The molecule has 0 radical (unpaired) electrons. The molecule has 0 saturated heterocycles. The predicted octanol–water partition coefficient (Wildman–Crippen LogP) is 3.53. The fourth-order valence-electron chi connectivity index (χ4n) is 1.87. The highest BCUT2D eigenvalue weighted by Gasteiger charge is 2.18. The summed E-state index contributed by atoms with van der Waals surface area (Å²) in [6, 6.07) is 15.6. The first-order chi connectivity index (χ1) is 11.7. The zero-order chi connectivity index (χ0) is 17.4. The van der Waals surface area contributed by atoms with Crippen LogP contribution in [0.2, 0.25) is 0 Å². The molecule has 0 saturated carbocycles. The van der Waals surface area contributed by atoms with Crippen molar-refractivity contribution < 1.29 is 19.2 Å². The van der Waals surface area contributed by atoms with Crippen molar-refractivity contribution in [1.29, 1.82) is 0 Å². The van der Waals surface area contributed by atoms with Gasteiger partial charge in [-0.3, -0.25) is 0 Å². The van der Waals surface area contributed by atoms with E-state index in [4.69, 9.17) is 9.57 Å². The largest absolute Gasteiger partial charge is 0.461 e. The Bertz CT molecular complexity index is 726. The van der Waals surface area contributed by atoms with E-state index in [9.17, 15) is 9.59 Å². The van der Waals surface area contributed by atoms with Crippen LogP contribution in [0.15, 0.2) is 64.6 Å². The van der Waals surface area contributed by atoms with Crippen LogP contribution in [0, 0.1) is 0 Å². The summed E-state index contributed by atoms with van der Waals surface area (Å²) >= 11 is 1.58. The summed E-state index contributed by atoms with van der Waals surface area (Å²) in [6.07, 6.45) is 1.96. The molecule has 0 spiro atoms. The molecule has 2 rings (SSSR count). The first-order valence-electron chi connectivity index (χ1n) is 7.31. The van der Waals surface area contributed by atoms with Gasteiger partial charge in [-0.25, -0.2) is 9.59 Å². The summed E-state index contributed by atoms with van der Waals surface area (Å²) in [4.78, 5) is 30.0. The lowest BCUT2D eigenvalue weighted by atomic mass is 10.1. The lowest BCUT2D eigenvalue weighted by Gasteiger charge is -2.06. The van der Waals surface area contributed by atoms with Gasteiger partial charge in [0.25, 0.3) is 0 Å². The normalized spacial score (nSPS) is 11.0. The summed E-state index contributed by atoms with van der Waals surface area (Å²) in [7, 11) is 0. The molecule has 0 bridgehead atoms. The Labute approximate surface area is 144 Å². The molecule has 0 aromatic heterocycles. The number of nitrogens with zero attached hydrogens (tertiary/aromatic N) is 1. The van der Waals surface area contributed by atoms with Gasteiger partial charge in [0.05, 0.1) is 12.2 Å². The van der Waals surface area contributed by atoms with E-state index in [1.54, 1.807) is 61.2 Å². The summed E-state index contributed by atoms with van der Waals surface area (Å²) < 4.78 is 4.99. The van der Waals surface area contributed by atoms with Crippen molar-refractivity contribution in [2.24, 2.45) is 5.16 Å². The van der Waals surface area contributed by atoms with Crippen LogP contribution in [0.1, 0.15) is 22.8 Å². The number of hydrogen-bond donors (Lipinski definition) is 0. The zero-order valence-corrected chi connectivity index (χ0v) is 14.2. The summed E-state index contributed by atoms with van der Waals surface area (Å²) in [5.74, 6) is -1.28. The lowest BCUT2D eigenvalue weighted by Crippen LogP contribution is -2.20. The van der Waals surface area contributed by atoms with E-state index in [0.29, 0.717) is 11.1 Å². The smallest absolute Gasteiger partial charge is 0.365 e. The molecule has 2 aromatic carbocycles. The van der Waals surface area contributed by atoms with E-state index < -0.39 is 11.9 Å². The molecular weight excluding hydrogens is 326 g/mol. The SMILES string of the molecule is CCOC(=O)C(=NOC(=O)c1ccccc1)c1ccc(SC)cc1. The van der Waals surface area contributed by atoms with E-state index in [2.05, 4.69) is 5.16 Å². The highest BCUT2D eigenvalue weighted by Crippen LogP contribution is 2.16. The fourth-order valence-corrected chi connectivity index (χ4v) is 2.28. The molecule has 2 aromatic rings. The molecule has 0 fully saturated rings. The van der Waals surface area contributed by atoms with Crippen LogP contribution in [0.4, 0.5) is 0 Å². The van der Waals surface area contributed by atoms with E-state index in [0.717, 1.165) is 4.90 Å². The first-order valence-corrected chi connectivity index (χ1v) is 8.54. The average molecular weight is 343 g/mol. The molecule has 0 amide bonds. The molecule has 0 aliphatic carbocycles. The summed E-state index contributed by atoms with van der Waals surface area (Å²) in [6.45, 7) is 1.90. The van der Waals surface area contributed by atoms with Gasteiger partial charge >= 0.3 is 11.9 Å². The Balaban J connectivity index is 2.24. The second-order valence-electron chi connectivity index (χ2n) is 4.63. The monoisotopic (exact) mass is 343 g/mol. The van der Waals surface area contributed by atoms with Gasteiger partial charge in [-0.2, -0.15) is 0 Å². The highest BCUT2D eigenvalue weighted by molar-refractivity contribution is 7.98. The second-order valence-corrected chi connectivity index (χ2v) is 5.51. The maximum atomic E-state index is 12.1. The van der Waals surface area contributed by atoms with Gasteiger partial charge < -0.3 is 9.57 Å². The molecule has 0 atom stereocenters. The average Bonchev–Trinajstić information content (AvgIpc) is 2.63. The number of rotatable bonds is 6. The van der Waals surface area contributed by atoms with Gasteiger partial charge in [-0.05, 0) is 37.4 Å². The van der Waals surface area contributed by atoms with Crippen molar-refractivity contribution in [2.45, 2.75) is 11.8 Å². The van der Waals surface area contributed by atoms with E-state index in [1.807, 2.05) is 18.4 Å². The first kappa shape index (κ1) is 17.7. The third-order valence-corrected chi connectivity index (χ3v) is 3.81. The third kappa shape index (κ3) is 4.70. The highest BCUT2D eigenvalue weighted by atomic mass is 32.2. The third-order valence-electron chi connectivity index (χ3n) is 3.06. The minimum absolute atomic E-state index is 0.0474. The van der Waals surface area contributed by atoms with Crippen molar-refractivity contribution in [1.82, 2.24) is 0 Å². The van der Waals surface area contributed by atoms with Crippen LogP contribution in [0.5, 0.6) is 0 Å². The number of oxime groups is 1. The summed E-state index contributed by atoms with van der Waals surface area (Å²) in [5.41, 5.74) is 0.822. The van der Waals surface area contributed by atoms with E-state index in [1.165, 1.54) is 0 Å². The molecule has 24 heavy (non-hydrogen) atoms. The molecular formula is C18H17NO4S.